The predicted octanol–water partition coefficient (Wildman–Crippen LogP) is 3.05. The van der Waals surface area contributed by atoms with E-state index in [1.54, 1.807) is 0 Å². The second-order valence-corrected chi connectivity index (χ2v) is 5.74. The molecule has 118 valence electrons. The van der Waals surface area contributed by atoms with Crippen LogP contribution in [0.3, 0.4) is 0 Å². The Morgan fingerprint density at radius 3 is 2.60 bits per heavy atom. The van der Waals surface area contributed by atoms with Crippen molar-refractivity contribution in [3.63, 3.8) is 0 Å². The lowest BCUT2D eigenvalue weighted by Crippen LogP contribution is -2.43. The van der Waals surface area contributed by atoms with E-state index in [1.165, 1.54) is 25.7 Å². The summed E-state index contributed by atoms with van der Waals surface area (Å²) in [5.74, 6) is -0.183. The molecule has 0 heterocycles. The fraction of sp³-hybridized carbons (Fsp3) is 0.938. The molecule has 0 bridgehead atoms. The third-order valence-electron chi connectivity index (χ3n) is 3.60. The van der Waals surface area contributed by atoms with E-state index in [-0.39, 0.29) is 18.1 Å². The van der Waals surface area contributed by atoms with Gasteiger partial charge in [0.15, 0.2) is 0 Å². The zero-order chi connectivity index (χ0) is 14.8. The fourth-order valence-electron chi connectivity index (χ4n) is 2.16. The molecule has 1 aliphatic carbocycles. The number of hydrogen-bond acceptors (Lipinski definition) is 4. The highest BCUT2D eigenvalue weighted by Gasteiger charge is 2.29. The topological polar surface area (TPSA) is 47.6 Å². The molecule has 1 rings (SSSR count). The zero-order valence-corrected chi connectivity index (χ0v) is 13.3. The van der Waals surface area contributed by atoms with Gasteiger partial charge in [-0.25, -0.2) is 0 Å². The van der Waals surface area contributed by atoms with Crippen LogP contribution >= 0.6 is 0 Å². The van der Waals surface area contributed by atoms with E-state index in [9.17, 15) is 4.79 Å². The molecule has 0 amide bonds. The summed E-state index contributed by atoms with van der Waals surface area (Å²) in [5.41, 5.74) is 0. The summed E-state index contributed by atoms with van der Waals surface area (Å²) in [5, 5.41) is 3.31. The van der Waals surface area contributed by atoms with Crippen LogP contribution in [-0.2, 0) is 14.3 Å². The number of carbonyl (C=O) groups is 1. The smallest absolute Gasteiger partial charge is 0.325 e. The van der Waals surface area contributed by atoms with Crippen LogP contribution in [0, 0.1) is 0 Å². The normalized spacial score (nSPS) is 17.8. The minimum Gasteiger partial charge on any atom is -0.465 e. The first-order valence-corrected chi connectivity index (χ1v) is 8.21. The molecule has 2 atom stereocenters. The molecule has 1 saturated carbocycles. The highest BCUT2D eigenvalue weighted by atomic mass is 16.5. The molecule has 20 heavy (non-hydrogen) atoms. The van der Waals surface area contributed by atoms with Crippen molar-refractivity contribution in [2.45, 2.75) is 83.9 Å². The highest BCUT2D eigenvalue weighted by Crippen LogP contribution is 2.20. The molecule has 0 spiro atoms. The monoisotopic (exact) mass is 285 g/mol. The molecule has 0 aromatic heterocycles. The van der Waals surface area contributed by atoms with Gasteiger partial charge in [0.1, 0.15) is 6.04 Å². The molecule has 1 N–H and O–H groups in total. The lowest BCUT2D eigenvalue weighted by atomic mass is 10.1. The quantitative estimate of drug-likeness (QED) is 0.442. The number of ether oxygens (including phenoxy) is 2. The van der Waals surface area contributed by atoms with Crippen molar-refractivity contribution in [3.05, 3.63) is 0 Å². The van der Waals surface area contributed by atoms with E-state index in [1.807, 2.05) is 6.92 Å². The SMILES string of the molecule is CCCCCCC(C)OCC(NC1CC1)C(=O)OCC. The Labute approximate surface area is 123 Å². The van der Waals surface area contributed by atoms with E-state index in [0.717, 1.165) is 19.3 Å². The average molecular weight is 285 g/mol. The Kier molecular flexibility index (Phi) is 8.86. The molecule has 2 unspecified atom stereocenters. The van der Waals surface area contributed by atoms with Crippen LogP contribution in [0.25, 0.3) is 0 Å². The number of esters is 1. The molecule has 0 radical (unpaired) electrons. The lowest BCUT2D eigenvalue weighted by Gasteiger charge is -2.20. The van der Waals surface area contributed by atoms with Crippen LogP contribution in [0.4, 0.5) is 0 Å². The number of carbonyl (C=O) groups excluding carboxylic acids is 1. The van der Waals surface area contributed by atoms with Gasteiger partial charge in [-0.05, 0) is 33.1 Å². The Morgan fingerprint density at radius 2 is 2.00 bits per heavy atom. The molecular weight excluding hydrogens is 254 g/mol. The molecule has 0 aromatic carbocycles. The summed E-state index contributed by atoms with van der Waals surface area (Å²) >= 11 is 0. The van der Waals surface area contributed by atoms with Crippen molar-refractivity contribution in [2.24, 2.45) is 0 Å². The summed E-state index contributed by atoms with van der Waals surface area (Å²) in [6.07, 6.45) is 8.61. The van der Waals surface area contributed by atoms with Gasteiger partial charge in [0.05, 0.1) is 19.3 Å². The maximum Gasteiger partial charge on any atom is 0.325 e. The number of nitrogens with one attached hydrogen (secondary N) is 1. The second-order valence-electron chi connectivity index (χ2n) is 5.74. The van der Waals surface area contributed by atoms with Gasteiger partial charge in [-0.3, -0.25) is 10.1 Å². The molecule has 4 nitrogen and oxygen atoms in total. The molecular formula is C16H31NO3. The molecule has 0 aliphatic heterocycles. The summed E-state index contributed by atoms with van der Waals surface area (Å²) in [7, 11) is 0. The third-order valence-corrected chi connectivity index (χ3v) is 3.60. The van der Waals surface area contributed by atoms with Crippen molar-refractivity contribution >= 4 is 5.97 Å². The minimum absolute atomic E-state index is 0.183. The first-order valence-electron chi connectivity index (χ1n) is 8.21. The van der Waals surface area contributed by atoms with Crippen molar-refractivity contribution < 1.29 is 14.3 Å². The first kappa shape index (κ1) is 17.4. The standard InChI is InChI=1S/C16H31NO3/c1-4-6-7-8-9-13(3)20-12-15(16(18)19-5-2)17-14-10-11-14/h13-15,17H,4-12H2,1-3H3. The van der Waals surface area contributed by atoms with Gasteiger partial charge in [0.25, 0.3) is 0 Å². The Bertz CT molecular complexity index is 266. The summed E-state index contributed by atoms with van der Waals surface area (Å²) in [6, 6.07) is 0.174. The van der Waals surface area contributed by atoms with Crippen LogP contribution in [-0.4, -0.2) is 37.4 Å². The zero-order valence-electron chi connectivity index (χ0n) is 13.3. The highest BCUT2D eigenvalue weighted by molar-refractivity contribution is 5.76. The minimum atomic E-state index is -0.305. The number of hydrogen-bond donors (Lipinski definition) is 1. The summed E-state index contributed by atoms with van der Waals surface area (Å²) in [6.45, 7) is 6.99. The predicted molar refractivity (Wildman–Crippen MR) is 80.8 cm³/mol. The van der Waals surface area contributed by atoms with Crippen molar-refractivity contribution in [1.29, 1.82) is 0 Å². The number of unbranched alkanes of at least 4 members (excludes halogenated alkanes) is 3. The van der Waals surface area contributed by atoms with Gasteiger partial charge in [0, 0.05) is 6.04 Å². The first-order chi connectivity index (χ1) is 9.67. The van der Waals surface area contributed by atoms with Gasteiger partial charge in [0.2, 0.25) is 0 Å². The van der Waals surface area contributed by atoms with Crippen LogP contribution in [0.1, 0.15) is 65.7 Å². The van der Waals surface area contributed by atoms with E-state index in [2.05, 4.69) is 19.2 Å². The Hall–Kier alpha value is -0.610. The van der Waals surface area contributed by atoms with Crippen molar-refractivity contribution in [3.8, 4) is 0 Å². The van der Waals surface area contributed by atoms with Crippen LogP contribution in [0.15, 0.2) is 0 Å². The molecule has 0 saturated heterocycles. The second kappa shape index (κ2) is 10.2. The maximum absolute atomic E-state index is 11.9. The van der Waals surface area contributed by atoms with Gasteiger partial charge in [-0.15, -0.1) is 0 Å². The van der Waals surface area contributed by atoms with Crippen molar-refractivity contribution in [1.82, 2.24) is 5.32 Å². The van der Waals surface area contributed by atoms with Gasteiger partial charge >= 0.3 is 5.97 Å². The molecule has 0 aromatic rings. The number of rotatable bonds is 12. The Balaban J connectivity index is 2.20. The van der Waals surface area contributed by atoms with E-state index in [4.69, 9.17) is 9.47 Å². The summed E-state index contributed by atoms with van der Waals surface area (Å²) < 4.78 is 10.9. The van der Waals surface area contributed by atoms with Crippen LogP contribution in [0.5, 0.6) is 0 Å². The van der Waals surface area contributed by atoms with Gasteiger partial charge in [-0.1, -0.05) is 32.6 Å². The van der Waals surface area contributed by atoms with Gasteiger partial charge < -0.3 is 9.47 Å². The molecule has 1 fully saturated rings. The largest absolute Gasteiger partial charge is 0.465 e. The Morgan fingerprint density at radius 1 is 1.25 bits per heavy atom. The van der Waals surface area contributed by atoms with E-state index >= 15 is 0 Å². The van der Waals surface area contributed by atoms with Crippen molar-refractivity contribution in [2.75, 3.05) is 13.2 Å². The fourth-order valence-corrected chi connectivity index (χ4v) is 2.16. The van der Waals surface area contributed by atoms with Gasteiger partial charge in [-0.2, -0.15) is 0 Å². The average Bonchev–Trinajstić information content (AvgIpc) is 3.23. The third kappa shape index (κ3) is 7.85. The van der Waals surface area contributed by atoms with E-state index < -0.39 is 0 Å². The lowest BCUT2D eigenvalue weighted by molar-refractivity contribution is -0.148. The molecule has 1 aliphatic rings. The van der Waals surface area contributed by atoms with E-state index in [0.29, 0.717) is 19.3 Å². The summed E-state index contributed by atoms with van der Waals surface area (Å²) in [4.78, 5) is 11.9. The maximum atomic E-state index is 11.9. The molecule has 4 heteroatoms. The van der Waals surface area contributed by atoms with Crippen LogP contribution in [0.2, 0.25) is 0 Å². The van der Waals surface area contributed by atoms with Crippen LogP contribution < -0.4 is 5.32 Å².